The maximum Gasteiger partial charge on any atom is 0.299 e. The number of hydrogen-bond donors (Lipinski definition) is 3. The predicted molar refractivity (Wildman–Crippen MR) is 235 cm³/mol. The van der Waals surface area contributed by atoms with Crippen LogP contribution in [-0.2, 0) is 19.6 Å². The van der Waals surface area contributed by atoms with Crippen molar-refractivity contribution in [2.24, 2.45) is 9.98 Å². The second-order valence-corrected chi connectivity index (χ2v) is 17.1. The van der Waals surface area contributed by atoms with Crippen LogP contribution in [0.1, 0.15) is 90.9 Å². The highest BCUT2D eigenvalue weighted by atomic mass is 35.5. The first-order valence-corrected chi connectivity index (χ1v) is 22.5. The molecule has 4 rings (SSSR count). The Morgan fingerprint density at radius 3 is 2.00 bits per heavy atom. The van der Waals surface area contributed by atoms with E-state index in [4.69, 9.17) is 51.4 Å². The van der Waals surface area contributed by atoms with Gasteiger partial charge < -0.3 is 10.2 Å². The van der Waals surface area contributed by atoms with Gasteiger partial charge in [0.05, 0.1) is 32.7 Å². The Morgan fingerprint density at radius 1 is 0.804 bits per heavy atom. The molecule has 3 aromatic rings. The van der Waals surface area contributed by atoms with Gasteiger partial charge in [-0.2, -0.15) is 0 Å². The Hall–Kier alpha value is -3.39. The molecule has 3 aromatic carbocycles. The van der Waals surface area contributed by atoms with Crippen molar-refractivity contribution < 1.29 is 18.0 Å². The first-order chi connectivity index (χ1) is 26.8. The summed E-state index contributed by atoms with van der Waals surface area (Å²) in [6.45, 7) is 5.53. The molecular weight excluding hydrogens is 816 g/mol. The Kier molecular flexibility index (Phi) is 18.2. The van der Waals surface area contributed by atoms with Crippen molar-refractivity contribution in [2.45, 2.75) is 90.9 Å². The zero-order chi connectivity index (χ0) is 40.7. The average Bonchev–Trinajstić information content (AvgIpc) is 3.43. The zero-order valence-electron chi connectivity index (χ0n) is 32.1. The molecule has 1 aliphatic heterocycles. The van der Waals surface area contributed by atoms with Crippen LogP contribution in [0.4, 0.5) is 28.4 Å². The molecule has 3 N–H and O–H groups in total. The lowest BCUT2D eigenvalue weighted by molar-refractivity contribution is -0.116. The SMILES string of the molecule is CCCCCCCCCCCCCC(=O)Nc1ccc(Cl)c(N=C2NN(c3c(Cl)cc(Cl)cc3Cl)C(=O)C2=Nc2ccc(N(CC)CCNS(C)(=O)=O)cc2)c1. The number of benzene rings is 3. The molecule has 1 heterocycles. The summed E-state index contributed by atoms with van der Waals surface area (Å²) in [5, 5.41) is 4.91. The normalized spacial score (nSPS) is 14.5. The van der Waals surface area contributed by atoms with Crippen LogP contribution in [0.25, 0.3) is 0 Å². The number of nitrogens with one attached hydrogen (secondary N) is 3. The van der Waals surface area contributed by atoms with Crippen molar-refractivity contribution in [3.05, 3.63) is 74.7 Å². The van der Waals surface area contributed by atoms with E-state index in [9.17, 15) is 18.0 Å². The lowest BCUT2D eigenvalue weighted by atomic mass is 10.1. The van der Waals surface area contributed by atoms with Crippen molar-refractivity contribution in [1.82, 2.24) is 10.1 Å². The van der Waals surface area contributed by atoms with Gasteiger partial charge in [-0.05, 0) is 67.9 Å². The third-order valence-electron chi connectivity index (χ3n) is 9.11. The number of carbonyl (C=O) groups is 2. The van der Waals surface area contributed by atoms with E-state index in [2.05, 4.69) is 27.4 Å². The Bertz CT molecular complexity index is 1950. The molecule has 1 aliphatic rings. The number of hydrazine groups is 1. The van der Waals surface area contributed by atoms with Crippen molar-refractivity contribution in [1.29, 1.82) is 0 Å². The molecule has 0 spiro atoms. The first-order valence-electron chi connectivity index (χ1n) is 19.1. The first kappa shape index (κ1) is 45.3. The van der Waals surface area contributed by atoms with Gasteiger partial charge >= 0.3 is 0 Å². The molecule has 2 amide bonds. The summed E-state index contributed by atoms with van der Waals surface area (Å²) in [5.41, 5.74) is 5.17. The highest BCUT2D eigenvalue weighted by molar-refractivity contribution is 7.88. The van der Waals surface area contributed by atoms with Crippen LogP contribution in [0.2, 0.25) is 20.1 Å². The van der Waals surface area contributed by atoms with Gasteiger partial charge in [-0.3, -0.25) is 15.0 Å². The van der Waals surface area contributed by atoms with E-state index in [1.807, 2.05) is 24.0 Å². The number of nitrogens with zero attached hydrogens (tertiary/aromatic N) is 4. The minimum Gasteiger partial charge on any atom is -0.370 e. The van der Waals surface area contributed by atoms with Gasteiger partial charge in [-0.25, -0.2) is 28.1 Å². The molecule has 56 heavy (non-hydrogen) atoms. The van der Waals surface area contributed by atoms with E-state index in [0.29, 0.717) is 35.9 Å². The number of amidine groups is 1. The molecular formula is C40H51Cl4N7O4S. The van der Waals surface area contributed by atoms with Crippen LogP contribution in [0.5, 0.6) is 0 Å². The number of aliphatic imine (C=N–C) groups is 2. The smallest absolute Gasteiger partial charge is 0.299 e. The molecule has 0 unspecified atom stereocenters. The molecule has 0 atom stereocenters. The maximum atomic E-state index is 14.0. The predicted octanol–water partition coefficient (Wildman–Crippen LogP) is 10.7. The largest absolute Gasteiger partial charge is 0.370 e. The number of sulfonamides is 1. The van der Waals surface area contributed by atoms with Gasteiger partial charge in [0.25, 0.3) is 5.91 Å². The molecule has 0 aromatic heterocycles. The van der Waals surface area contributed by atoms with Gasteiger partial charge in [0, 0.05) is 42.5 Å². The number of hydrogen-bond acceptors (Lipinski definition) is 7. The standard InChI is InChI=1S/C40H51Cl4N7O4S/c1-4-6-7-8-9-10-11-12-13-14-15-16-36(52)46-30-19-22-32(42)35(27-30)48-39-37(40(53)51(49-39)38-33(43)25-28(41)26-34(38)44)47-29-17-20-31(21-18-29)50(5-2)24-23-45-56(3,54)55/h17-22,25-27,45H,4-16,23-24H2,1-3H3,(H,46,52)(H,48,49). The molecule has 16 heteroatoms. The van der Waals surface area contributed by atoms with E-state index < -0.39 is 15.9 Å². The van der Waals surface area contributed by atoms with Crippen molar-refractivity contribution in [3.8, 4) is 0 Å². The van der Waals surface area contributed by atoms with E-state index >= 15 is 0 Å². The van der Waals surface area contributed by atoms with Crippen LogP contribution in [-0.4, -0.2) is 57.7 Å². The summed E-state index contributed by atoms with van der Waals surface area (Å²) in [7, 11) is -3.31. The average molecular weight is 868 g/mol. The fourth-order valence-electron chi connectivity index (χ4n) is 6.17. The highest BCUT2D eigenvalue weighted by Crippen LogP contribution is 2.38. The minimum atomic E-state index is -3.31. The fraction of sp³-hybridized carbons (Fsp3) is 0.450. The number of halogens is 4. The van der Waals surface area contributed by atoms with Crippen molar-refractivity contribution >= 4 is 108 Å². The lowest BCUT2D eigenvalue weighted by Gasteiger charge is -2.23. The molecule has 1 saturated heterocycles. The topological polar surface area (TPSA) is 136 Å². The second kappa shape index (κ2) is 22.5. The van der Waals surface area contributed by atoms with Crippen LogP contribution in [0, 0.1) is 0 Å². The highest BCUT2D eigenvalue weighted by Gasteiger charge is 2.37. The van der Waals surface area contributed by atoms with Crippen LogP contribution in [0.15, 0.2) is 64.6 Å². The molecule has 0 bridgehead atoms. The molecule has 1 fully saturated rings. The molecule has 0 radical (unpaired) electrons. The van der Waals surface area contributed by atoms with Gasteiger partial charge in [0.2, 0.25) is 15.9 Å². The summed E-state index contributed by atoms with van der Waals surface area (Å²) >= 11 is 25.8. The number of carbonyl (C=O) groups excluding carboxylic acids is 2. The number of likely N-dealkylation sites (N-methyl/N-ethyl adjacent to an activating group) is 1. The van der Waals surface area contributed by atoms with Crippen LogP contribution in [0.3, 0.4) is 0 Å². The lowest BCUT2D eigenvalue weighted by Crippen LogP contribution is -2.36. The summed E-state index contributed by atoms with van der Waals surface area (Å²) in [4.78, 5) is 38.2. The van der Waals surface area contributed by atoms with Crippen LogP contribution >= 0.6 is 46.4 Å². The molecule has 11 nitrogen and oxygen atoms in total. The number of rotatable bonds is 22. The summed E-state index contributed by atoms with van der Waals surface area (Å²) in [5.74, 6) is -0.628. The monoisotopic (exact) mass is 865 g/mol. The van der Waals surface area contributed by atoms with E-state index in [1.54, 1.807) is 30.3 Å². The van der Waals surface area contributed by atoms with Gasteiger partial charge in [-0.15, -0.1) is 0 Å². The summed E-state index contributed by atoms with van der Waals surface area (Å²) in [6, 6.07) is 15.0. The quantitative estimate of drug-likeness (QED) is 0.0861. The molecule has 304 valence electrons. The van der Waals surface area contributed by atoms with Gasteiger partial charge in [-0.1, -0.05) is 118 Å². The zero-order valence-corrected chi connectivity index (χ0v) is 36.0. The van der Waals surface area contributed by atoms with E-state index in [1.165, 1.54) is 63.5 Å². The third kappa shape index (κ3) is 14.2. The Labute approximate surface area is 351 Å². The fourth-order valence-corrected chi connectivity index (χ4v) is 7.78. The van der Waals surface area contributed by atoms with Crippen molar-refractivity contribution in [2.75, 3.05) is 41.1 Å². The summed E-state index contributed by atoms with van der Waals surface area (Å²) in [6.07, 6.45) is 14.7. The number of anilines is 3. The van der Waals surface area contributed by atoms with Gasteiger partial charge in [0.15, 0.2) is 11.5 Å². The number of amides is 2. The molecule has 0 aliphatic carbocycles. The summed E-state index contributed by atoms with van der Waals surface area (Å²) < 4.78 is 25.6. The Balaban J connectivity index is 1.50. The van der Waals surface area contributed by atoms with E-state index in [0.717, 1.165) is 36.2 Å². The Morgan fingerprint density at radius 2 is 1.41 bits per heavy atom. The van der Waals surface area contributed by atoms with E-state index in [-0.39, 0.29) is 50.4 Å². The minimum absolute atomic E-state index is 0.0495. The number of unbranched alkanes of at least 4 members (excludes halogenated alkanes) is 10. The van der Waals surface area contributed by atoms with Gasteiger partial charge in [0.1, 0.15) is 5.69 Å². The second-order valence-electron chi connectivity index (χ2n) is 13.7. The maximum absolute atomic E-state index is 14.0. The molecule has 0 saturated carbocycles. The van der Waals surface area contributed by atoms with Crippen molar-refractivity contribution in [3.63, 3.8) is 0 Å². The van der Waals surface area contributed by atoms with Crippen LogP contribution < -0.4 is 25.4 Å². The third-order valence-corrected chi connectivity index (χ3v) is 10.9.